The molecule has 1 aliphatic carbocycles. The molecule has 9 heteroatoms. The van der Waals surface area contributed by atoms with Crippen LogP contribution in [0.25, 0.3) is 0 Å². The zero-order valence-electron chi connectivity index (χ0n) is 14.5. The summed E-state index contributed by atoms with van der Waals surface area (Å²) in [5, 5.41) is 25.8. The highest BCUT2D eigenvalue weighted by Gasteiger charge is 2.80. The number of carboxylic acid groups (broad SMARTS) is 3. The molecule has 1 saturated heterocycles. The first kappa shape index (κ1) is 19.5. The third kappa shape index (κ3) is 2.94. The molecule has 2 atom stereocenters. The van der Waals surface area contributed by atoms with E-state index in [4.69, 9.17) is 19.4 Å². The van der Waals surface area contributed by atoms with Crippen LogP contribution >= 0.6 is 0 Å². The van der Waals surface area contributed by atoms with E-state index < -0.39 is 22.8 Å². The lowest BCUT2D eigenvalue weighted by Crippen LogP contribution is -2.28. The Kier molecular flexibility index (Phi) is 5.41. The van der Waals surface area contributed by atoms with E-state index in [1.54, 1.807) is 20.3 Å². The largest absolute Gasteiger partial charge is 0.493 e. The number of rotatable bonds is 6. The molecule has 0 aromatic heterocycles. The molecule has 1 aromatic carbocycles. The molecule has 142 valence electrons. The van der Waals surface area contributed by atoms with Gasteiger partial charge in [0, 0.05) is 25.2 Å². The average molecular weight is 367 g/mol. The number of hydrogen-bond acceptors (Lipinski definition) is 6. The molecule has 0 spiro atoms. The van der Waals surface area contributed by atoms with Gasteiger partial charge in [-0.1, -0.05) is 12.1 Å². The van der Waals surface area contributed by atoms with Crippen molar-refractivity contribution in [1.82, 2.24) is 4.90 Å². The predicted molar refractivity (Wildman–Crippen MR) is 88.3 cm³/mol. The average Bonchev–Trinajstić information content (AvgIpc) is 3.14. The lowest BCUT2D eigenvalue weighted by atomic mass is 9.97. The first-order valence-corrected chi connectivity index (χ1v) is 7.78. The van der Waals surface area contributed by atoms with E-state index in [0.717, 1.165) is 5.56 Å². The summed E-state index contributed by atoms with van der Waals surface area (Å²) in [6.45, 7) is 0.633. The van der Waals surface area contributed by atoms with Crippen LogP contribution in [0.2, 0.25) is 0 Å². The molecule has 2 aliphatic rings. The van der Waals surface area contributed by atoms with Crippen molar-refractivity contribution in [3.63, 3.8) is 0 Å². The first-order valence-electron chi connectivity index (χ1n) is 7.78. The number of hydrogen-bond donors (Lipinski definition) is 3. The standard InChI is InChI=1S/C16H19NO6.CH2O2/c1-22-11-5-3-4-10(12(11)23-2)6-17-8-15(13(18)19)7-16(15,9-17)14(20)21;2-1-3/h3-5H,6-9H2,1-2H3,(H,18,19)(H,20,21);1H,(H,2,3)/t15-,16+;. The zero-order chi connectivity index (χ0) is 19.5. The highest BCUT2D eigenvalue weighted by atomic mass is 16.5. The maximum atomic E-state index is 11.6. The lowest BCUT2D eigenvalue weighted by molar-refractivity contribution is -0.151. The molecule has 0 amide bonds. The van der Waals surface area contributed by atoms with Gasteiger partial charge in [-0.05, 0) is 12.5 Å². The van der Waals surface area contributed by atoms with Crippen molar-refractivity contribution < 1.29 is 39.2 Å². The van der Waals surface area contributed by atoms with Crippen molar-refractivity contribution in [1.29, 1.82) is 0 Å². The molecule has 1 aliphatic heterocycles. The number of methoxy groups -OCH3 is 2. The van der Waals surface area contributed by atoms with Crippen LogP contribution in [-0.2, 0) is 20.9 Å². The highest BCUT2D eigenvalue weighted by Crippen LogP contribution is 2.68. The van der Waals surface area contributed by atoms with Gasteiger partial charge in [-0.25, -0.2) is 0 Å². The summed E-state index contributed by atoms with van der Waals surface area (Å²) < 4.78 is 10.6. The molecule has 3 rings (SSSR count). The number of carboxylic acids is 2. The topological polar surface area (TPSA) is 134 Å². The second-order valence-corrected chi connectivity index (χ2v) is 6.35. The number of likely N-dealkylation sites (tertiary alicyclic amines) is 1. The molecule has 3 N–H and O–H groups in total. The van der Waals surface area contributed by atoms with Gasteiger partial charge in [-0.15, -0.1) is 0 Å². The normalized spacial score (nSPS) is 26.1. The Labute approximate surface area is 149 Å². The lowest BCUT2D eigenvalue weighted by Gasteiger charge is -2.21. The number of nitrogens with zero attached hydrogens (tertiary/aromatic N) is 1. The summed E-state index contributed by atoms with van der Waals surface area (Å²) in [6, 6.07) is 5.47. The summed E-state index contributed by atoms with van der Waals surface area (Å²) in [4.78, 5) is 33.3. The minimum atomic E-state index is -1.16. The quantitative estimate of drug-likeness (QED) is 0.623. The zero-order valence-corrected chi connectivity index (χ0v) is 14.5. The molecule has 1 heterocycles. The molecule has 0 radical (unpaired) electrons. The Balaban J connectivity index is 0.000000758. The van der Waals surface area contributed by atoms with Crippen molar-refractivity contribution in [2.75, 3.05) is 27.3 Å². The van der Waals surface area contributed by atoms with E-state index in [0.29, 0.717) is 18.0 Å². The Morgan fingerprint density at radius 3 is 2.12 bits per heavy atom. The second kappa shape index (κ2) is 7.20. The van der Waals surface area contributed by atoms with Crippen LogP contribution in [-0.4, -0.2) is 65.9 Å². The second-order valence-electron chi connectivity index (χ2n) is 6.35. The van der Waals surface area contributed by atoms with Crippen LogP contribution in [0.15, 0.2) is 18.2 Å². The van der Waals surface area contributed by atoms with E-state index >= 15 is 0 Å². The summed E-state index contributed by atoms with van der Waals surface area (Å²) in [5.41, 5.74) is -1.48. The molecule has 0 unspecified atom stereocenters. The van der Waals surface area contributed by atoms with Crippen molar-refractivity contribution in [3.8, 4) is 11.5 Å². The van der Waals surface area contributed by atoms with Crippen molar-refractivity contribution in [2.45, 2.75) is 13.0 Å². The number of piperidine rings is 1. The minimum absolute atomic E-state index is 0.205. The van der Waals surface area contributed by atoms with Crippen LogP contribution in [0, 0.1) is 10.8 Å². The Bertz CT molecular complexity index is 693. The van der Waals surface area contributed by atoms with Gasteiger partial charge >= 0.3 is 11.9 Å². The molecule has 9 nitrogen and oxygen atoms in total. The highest BCUT2D eigenvalue weighted by molar-refractivity contribution is 5.94. The van der Waals surface area contributed by atoms with Crippen LogP contribution in [0.5, 0.6) is 11.5 Å². The Morgan fingerprint density at radius 2 is 1.69 bits per heavy atom. The molecular weight excluding hydrogens is 346 g/mol. The van der Waals surface area contributed by atoms with Gasteiger partial charge in [0.1, 0.15) is 0 Å². The number of aliphatic carboxylic acids is 2. The summed E-state index contributed by atoms with van der Waals surface area (Å²) in [7, 11) is 3.09. The number of benzene rings is 1. The first-order chi connectivity index (χ1) is 12.3. The molecular formula is C17H21NO8. The van der Waals surface area contributed by atoms with Crippen LogP contribution < -0.4 is 9.47 Å². The number of ether oxygens (including phenoxy) is 2. The molecule has 2 fully saturated rings. The van der Waals surface area contributed by atoms with Gasteiger partial charge in [-0.2, -0.15) is 0 Å². The third-order valence-electron chi connectivity index (χ3n) is 5.08. The third-order valence-corrected chi connectivity index (χ3v) is 5.08. The van der Waals surface area contributed by atoms with E-state index in [9.17, 15) is 19.8 Å². The van der Waals surface area contributed by atoms with Gasteiger partial charge < -0.3 is 24.8 Å². The van der Waals surface area contributed by atoms with Crippen molar-refractivity contribution in [3.05, 3.63) is 23.8 Å². The Morgan fingerprint density at radius 1 is 1.15 bits per heavy atom. The van der Waals surface area contributed by atoms with Gasteiger partial charge in [0.2, 0.25) is 0 Å². The smallest absolute Gasteiger partial charge is 0.312 e. The minimum Gasteiger partial charge on any atom is -0.493 e. The Hall–Kier alpha value is -2.81. The number of fused-ring (bicyclic) bond motifs is 1. The molecule has 26 heavy (non-hydrogen) atoms. The SMILES string of the molecule is COc1cccc(CN2C[C@@]3(C(=O)O)C[C@@]3(C(=O)O)C2)c1OC.O=CO. The van der Waals surface area contributed by atoms with Gasteiger partial charge in [0.25, 0.3) is 6.47 Å². The fourth-order valence-electron chi connectivity index (χ4n) is 3.83. The fourth-order valence-corrected chi connectivity index (χ4v) is 3.83. The molecule has 1 aromatic rings. The number of carbonyl (C=O) groups is 3. The van der Waals surface area contributed by atoms with E-state index in [-0.39, 0.29) is 26.0 Å². The molecule has 1 saturated carbocycles. The summed E-state index contributed by atoms with van der Waals surface area (Å²) in [5.74, 6) is -0.875. The predicted octanol–water partition coefficient (Wildman–Crippen LogP) is 0.766. The van der Waals surface area contributed by atoms with Gasteiger partial charge in [0.05, 0.1) is 25.0 Å². The fraction of sp³-hybridized carbons (Fsp3) is 0.471. The van der Waals surface area contributed by atoms with Crippen LogP contribution in [0.1, 0.15) is 12.0 Å². The van der Waals surface area contributed by atoms with Crippen LogP contribution in [0.4, 0.5) is 0 Å². The van der Waals surface area contributed by atoms with E-state index in [2.05, 4.69) is 0 Å². The van der Waals surface area contributed by atoms with Crippen molar-refractivity contribution in [2.24, 2.45) is 10.8 Å². The summed E-state index contributed by atoms with van der Waals surface area (Å²) >= 11 is 0. The summed E-state index contributed by atoms with van der Waals surface area (Å²) in [6.07, 6.45) is 0.205. The molecule has 0 bridgehead atoms. The van der Waals surface area contributed by atoms with Gasteiger partial charge in [0.15, 0.2) is 11.5 Å². The maximum Gasteiger partial charge on any atom is 0.312 e. The monoisotopic (exact) mass is 367 g/mol. The van der Waals surface area contributed by atoms with Crippen molar-refractivity contribution >= 4 is 18.4 Å². The van der Waals surface area contributed by atoms with E-state index in [1.165, 1.54) is 0 Å². The van der Waals surface area contributed by atoms with E-state index in [1.807, 2.05) is 17.0 Å². The van der Waals surface area contributed by atoms with Gasteiger partial charge in [-0.3, -0.25) is 19.3 Å². The van der Waals surface area contributed by atoms with Crippen LogP contribution in [0.3, 0.4) is 0 Å². The number of para-hydroxylation sites is 1. The maximum absolute atomic E-state index is 11.6.